The summed E-state index contributed by atoms with van der Waals surface area (Å²) in [7, 11) is 0. The van der Waals surface area contributed by atoms with Gasteiger partial charge < -0.3 is 9.73 Å². The van der Waals surface area contributed by atoms with Crippen molar-refractivity contribution >= 4 is 40.1 Å². The third-order valence-corrected chi connectivity index (χ3v) is 5.44. The fraction of sp³-hybridized carbons (Fsp3) is 0.100. The van der Waals surface area contributed by atoms with Crippen molar-refractivity contribution in [2.75, 3.05) is 5.75 Å². The van der Waals surface area contributed by atoms with Gasteiger partial charge in [0.2, 0.25) is 5.91 Å². The third-order valence-electron chi connectivity index (χ3n) is 3.93. The fourth-order valence-electron chi connectivity index (χ4n) is 2.66. The third kappa shape index (κ3) is 3.81. The number of amides is 1. The van der Waals surface area contributed by atoms with E-state index in [1.165, 1.54) is 17.3 Å². The molecule has 6 heteroatoms. The molecular weight excluding hydrogens is 364 g/mol. The molecule has 0 saturated heterocycles. The van der Waals surface area contributed by atoms with Crippen LogP contribution >= 0.6 is 23.1 Å². The number of thioether (sulfide) groups is 1. The van der Waals surface area contributed by atoms with Crippen molar-refractivity contribution in [3.8, 4) is 11.1 Å². The Morgan fingerprint density at radius 3 is 2.81 bits per heavy atom. The van der Waals surface area contributed by atoms with E-state index >= 15 is 0 Å². The zero-order valence-corrected chi connectivity index (χ0v) is 15.5. The van der Waals surface area contributed by atoms with Gasteiger partial charge >= 0.3 is 0 Å². The summed E-state index contributed by atoms with van der Waals surface area (Å²) in [5.41, 5.74) is 4.98. The number of carbonyl (C=O) groups excluding carboxylic acids is 1. The van der Waals surface area contributed by atoms with Gasteiger partial charge in [0.1, 0.15) is 5.52 Å². The van der Waals surface area contributed by atoms with E-state index < -0.39 is 0 Å². The zero-order chi connectivity index (χ0) is 17.8. The van der Waals surface area contributed by atoms with Gasteiger partial charge in [-0.3, -0.25) is 4.79 Å². The monoisotopic (exact) mass is 380 g/mol. The van der Waals surface area contributed by atoms with Crippen LogP contribution in [0.25, 0.3) is 22.2 Å². The molecular formula is C20H16N2O2S2. The second kappa shape index (κ2) is 7.76. The topological polar surface area (TPSA) is 55.1 Å². The second-order valence-electron chi connectivity index (χ2n) is 5.68. The minimum Gasteiger partial charge on any atom is -0.431 e. The lowest BCUT2D eigenvalue weighted by atomic mass is 10.0. The highest BCUT2D eigenvalue weighted by atomic mass is 32.2. The highest BCUT2D eigenvalue weighted by molar-refractivity contribution is 7.99. The molecule has 0 atom stereocenters. The Bertz CT molecular complexity index is 992. The van der Waals surface area contributed by atoms with E-state index in [9.17, 15) is 4.79 Å². The first-order chi connectivity index (χ1) is 12.8. The SMILES string of the molecule is O=C(CSc1nc2ccccc2o1)NCc1ccccc1-c1ccsc1. The molecule has 4 rings (SSSR count). The molecule has 0 spiro atoms. The second-order valence-corrected chi connectivity index (χ2v) is 7.39. The lowest BCUT2D eigenvalue weighted by molar-refractivity contribution is -0.118. The Kier molecular flexibility index (Phi) is 5.04. The standard InChI is InChI=1S/C20H16N2O2S2/c23-19(13-26-20-22-17-7-3-4-8-18(17)24-20)21-11-14-5-1-2-6-16(14)15-9-10-25-12-15/h1-10,12H,11,13H2,(H,21,23). The van der Waals surface area contributed by atoms with Crippen LogP contribution in [0.5, 0.6) is 0 Å². The van der Waals surface area contributed by atoms with Crippen molar-refractivity contribution in [2.24, 2.45) is 0 Å². The number of hydrogen-bond acceptors (Lipinski definition) is 5. The Morgan fingerprint density at radius 2 is 1.96 bits per heavy atom. The number of thiophene rings is 1. The molecule has 0 bridgehead atoms. The van der Waals surface area contributed by atoms with E-state index in [1.807, 2.05) is 42.5 Å². The molecule has 0 radical (unpaired) electrons. The summed E-state index contributed by atoms with van der Waals surface area (Å²) in [6.07, 6.45) is 0. The van der Waals surface area contributed by atoms with Crippen molar-refractivity contribution in [1.29, 1.82) is 0 Å². The molecule has 0 saturated carbocycles. The van der Waals surface area contributed by atoms with Crippen molar-refractivity contribution in [3.05, 3.63) is 70.9 Å². The Hall–Kier alpha value is -2.57. The molecule has 2 heterocycles. The van der Waals surface area contributed by atoms with Gasteiger partial charge in [-0.1, -0.05) is 48.2 Å². The van der Waals surface area contributed by atoms with E-state index in [-0.39, 0.29) is 11.7 Å². The van der Waals surface area contributed by atoms with Crippen LogP contribution in [0.4, 0.5) is 0 Å². The normalized spacial score (nSPS) is 10.9. The summed E-state index contributed by atoms with van der Waals surface area (Å²) in [6, 6.07) is 17.8. The average molecular weight is 380 g/mol. The molecule has 130 valence electrons. The predicted octanol–water partition coefficient (Wildman–Crippen LogP) is 4.96. The first kappa shape index (κ1) is 16.9. The average Bonchev–Trinajstić information content (AvgIpc) is 3.34. The summed E-state index contributed by atoms with van der Waals surface area (Å²) >= 11 is 2.97. The summed E-state index contributed by atoms with van der Waals surface area (Å²) in [5, 5.41) is 7.67. The van der Waals surface area contributed by atoms with E-state index in [2.05, 4.69) is 33.2 Å². The van der Waals surface area contributed by atoms with Gasteiger partial charge in [0.25, 0.3) is 5.22 Å². The van der Waals surface area contributed by atoms with Gasteiger partial charge in [0, 0.05) is 6.54 Å². The van der Waals surface area contributed by atoms with Gasteiger partial charge in [0.15, 0.2) is 5.58 Å². The Morgan fingerprint density at radius 1 is 1.12 bits per heavy atom. The number of nitrogens with zero attached hydrogens (tertiary/aromatic N) is 1. The molecule has 0 aliphatic heterocycles. The number of benzene rings is 2. The first-order valence-corrected chi connectivity index (χ1v) is 10.1. The molecule has 4 nitrogen and oxygen atoms in total. The number of fused-ring (bicyclic) bond motifs is 1. The maximum Gasteiger partial charge on any atom is 0.257 e. The van der Waals surface area contributed by atoms with Crippen LogP contribution < -0.4 is 5.32 Å². The molecule has 0 aliphatic rings. The van der Waals surface area contributed by atoms with E-state index in [4.69, 9.17) is 4.42 Å². The number of para-hydroxylation sites is 2. The van der Waals surface area contributed by atoms with Crippen LogP contribution in [0.2, 0.25) is 0 Å². The number of hydrogen-bond donors (Lipinski definition) is 1. The maximum absolute atomic E-state index is 12.2. The quantitative estimate of drug-likeness (QED) is 0.480. The minimum atomic E-state index is -0.0441. The number of rotatable bonds is 6. The minimum absolute atomic E-state index is 0.0441. The van der Waals surface area contributed by atoms with Crippen molar-refractivity contribution in [1.82, 2.24) is 10.3 Å². The Labute approximate surface area is 159 Å². The van der Waals surface area contributed by atoms with Gasteiger partial charge in [-0.05, 0) is 45.6 Å². The zero-order valence-electron chi connectivity index (χ0n) is 13.8. The molecule has 1 amide bonds. The van der Waals surface area contributed by atoms with E-state index in [0.29, 0.717) is 11.8 Å². The first-order valence-electron chi connectivity index (χ1n) is 8.15. The number of carbonyl (C=O) groups is 1. The van der Waals surface area contributed by atoms with Crippen LogP contribution in [-0.2, 0) is 11.3 Å². The van der Waals surface area contributed by atoms with Crippen LogP contribution in [0.3, 0.4) is 0 Å². The summed E-state index contributed by atoms with van der Waals surface area (Å²) in [4.78, 5) is 16.6. The van der Waals surface area contributed by atoms with Crippen LogP contribution in [-0.4, -0.2) is 16.6 Å². The molecule has 4 aromatic rings. The number of nitrogens with one attached hydrogen (secondary N) is 1. The van der Waals surface area contributed by atoms with E-state index in [1.54, 1.807) is 11.3 Å². The van der Waals surface area contributed by atoms with Crippen molar-refractivity contribution in [2.45, 2.75) is 11.8 Å². The number of aromatic nitrogens is 1. The van der Waals surface area contributed by atoms with Crippen molar-refractivity contribution in [3.63, 3.8) is 0 Å². The number of oxazole rings is 1. The predicted molar refractivity (Wildman–Crippen MR) is 106 cm³/mol. The largest absolute Gasteiger partial charge is 0.431 e. The van der Waals surface area contributed by atoms with Crippen LogP contribution in [0.15, 0.2) is 75.0 Å². The highest BCUT2D eigenvalue weighted by Gasteiger charge is 2.10. The molecule has 2 aromatic carbocycles. The lowest BCUT2D eigenvalue weighted by Crippen LogP contribution is -2.24. The summed E-state index contributed by atoms with van der Waals surface area (Å²) in [5.74, 6) is 0.227. The molecule has 1 N–H and O–H groups in total. The smallest absolute Gasteiger partial charge is 0.257 e. The summed E-state index contributed by atoms with van der Waals surface area (Å²) in [6.45, 7) is 0.499. The van der Waals surface area contributed by atoms with Gasteiger partial charge in [0.05, 0.1) is 5.75 Å². The lowest BCUT2D eigenvalue weighted by Gasteiger charge is -2.09. The maximum atomic E-state index is 12.2. The van der Waals surface area contributed by atoms with Crippen LogP contribution in [0.1, 0.15) is 5.56 Å². The van der Waals surface area contributed by atoms with Gasteiger partial charge in [-0.25, -0.2) is 4.98 Å². The molecule has 0 aliphatic carbocycles. The highest BCUT2D eigenvalue weighted by Crippen LogP contribution is 2.26. The van der Waals surface area contributed by atoms with Gasteiger partial charge in [-0.15, -0.1) is 0 Å². The fourth-order valence-corrected chi connectivity index (χ4v) is 3.98. The van der Waals surface area contributed by atoms with Crippen molar-refractivity contribution < 1.29 is 9.21 Å². The molecule has 0 unspecified atom stereocenters. The molecule has 0 fully saturated rings. The molecule has 2 aromatic heterocycles. The van der Waals surface area contributed by atoms with Crippen LogP contribution in [0, 0.1) is 0 Å². The Balaban J connectivity index is 1.36. The summed E-state index contributed by atoms with van der Waals surface area (Å²) < 4.78 is 5.62. The molecule has 26 heavy (non-hydrogen) atoms. The van der Waals surface area contributed by atoms with Gasteiger partial charge in [-0.2, -0.15) is 11.3 Å². The van der Waals surface area contributed by atoms with E-state index in [0.717, 1.165) is 22.2 Å².